The Hall–Kier alpha value is -8.14. The van der Waals surface area contributed by atoms with E-state index < -0.39 is 0 Å². The molecule has 0 unspecified atom stereocenters. The number of hydrogen-bond acceptors (Lipinski definition) is 2. The van der Waals surface area contributed by atoms with Crippen molar-refractivity contribution < 1.29 is 0 Å². The maximum atomic E-state index is 5.33. The molecular formula is C60H41N3. The smallest absolute Gasteiger partial charge is 0.160 e. The van der Waals surface area contributed by atoms with Crippen LogP contribution in [0.1, 0.15) is 30.0 Å². The van der Waals surface area contributed by atoms with Gasteiger partial charge in [-0.2, -0.15) is 0 Å². The monoisotopic (exact) mass is 803 g/mol. The largest absolute Gasteiger partial charge is 0.309 e. The summed E-state index contributed by atoms with van der Waals surface area (Å²) >= 11 is 0. The molecule has 0 amide bonds. The number of aromatic nitrogens is 1. The molecule has 0 saturated heterocycles. The van der Waals surface area contributed by atoms with E-state index in [9.17, 15) is 0 Å². The van der Waals surface area contributed by atoms with Crippen molar-refractivity contribution in [2.24, 2.45) is 9.98 Å². The SMILES string of the molecule is CC1=C(c2ccccc2)N=C(c2cccc(-c3ccc4c(c3)c3ccccc3c3cccc(-c5ccc6c7ccccc7n(-c7ccccc7)c6c5)c34)c2)N=C(c2ccccc2)C1. The molecule has 3 heteroatoms. The van der Waals surface area contributed by atoms with Crippen LogP contribution in [0.15, 0.2) is 234 Å². The van der Waals surface area contributed by atoms with Gasteiger partial charge < -0.3 is 4.57 Å². The molecule has 10 aromatic carbocycles. The molecular weight excluding hydrogens is 763 g/mol. The molecule has 296 valence electrons. The molecule has 63 heavy (non-hydrogen) atoms. The molecule has 0 bridgehead atoms. The molecule has 1 aromatic heterocycles. The van der Waals surface area contributed by atoms with Gasteiger partial charge in [0.2, 0.25) is 0 Å². The van der Waals surface area contributed by atoms with Crippen molar-refractivity contribution >= 4 is 71.4 Å². The Bertz CT molecular complexity index is 3690. The van der Waals surface area contributed by atoms with Gasteiger partial charge in [0.15, 0.2) is 5.84 Å². The number of hydrogen-bond donors (Lipinski definition) is 0. The molecule has 0 spiro atoms. The Kier molecular flexibility index (Phi) is 8.79. The van der Waals surface area contributed by atoms with E-state index in [0.29, 0.717) is 0 Å². The molecule has 0 fully saturated rings. The highest BCUT2D eigenvalue weighted by Crippen LogP contribution is 2.43. The lowest BCUT2D eigenvalue weighted by Gasteiger charge is -2.16. The molecule has 0 atom stereocenters. The van der Waals surface area contributed by atoms with E-state index in [1.807, 2.05) is 0 Å². The number of nitrogens with zero attached hydrogens (tertiary/aromatic N) is 3. The van der Waals surface area contributed by atoms with Crippen LogP contribution in [0.5, 0.6) is 0 Å². The lowest BCUT2D eigenvalue weighted by Crippen LogP contribution is -2.05. The second-order valence-corrected chi connectivity index (χ2v) is 16.6. The summed E-state index contributed by atoms with van der Waals surface area (Å²) in [6.45, 7) is 2.18. The summed E-state index contributed by atoms with van der Waals surface area (Å²) in [5.74, 6) is 0.719. The first-order chi connectivity index (χ1) is 31.2. The minimum absolute atomic E-state index is 0.719. The summed E-state index contributed by atoms with van der Waals surface area (Å²) in [6.07, 6.45) is 0.721. The van der Waals surface area contributed by atoms with E-state index in [4.69, 9.17) is 9.98 Å². The molecule has 1 aliphatic heterocycles. The van der Waals surface area contributed by atoms with Crippen LogP contribution in [0.3, 0.4) is 0 Å². The average molecular weight is 804 g/mol. The van der Waals surface area contributed by atoms with E-state index >= 15 is 0 Å². The Morgan fingerprint density at radius 1 is 0.365 bits per heavy atom. The number of amidine groups is 1. The van der Waals surface area contributed by atoms with Crippen LogP contribution in [0.2, 0.25) is 0 Å². The van der Waals surface area contributed by atoms with Gasteiger partial charge in [0.1, 0.15) is 0 Å². The normalized spacial score (nSPS) is 13.2. The summed E-state index contributed by atoms with van der Waals surface area (Å²) in [5, 5.41) is 9.98. The van der Waals surface area contributed by atoms with Gasteiger partial charge in [0.05, 0.1) is 22.4 Å². The Balaban J connectivity index is 1.03. The van der Waals surface area contributed by atoms with Gasteiger partial charge in [0, 0.05) is 34.0 Å². The van der Waals surface area contributed by atoms with Gasteiger partial charge in [-0.05, 0) is 109 Å². The summed E-state index contributed by atoms with van der Waals surface area (Å²) < 4.78 is 2.40. The second kappa shape index (κ2) is 15.1. The van der Waals surface area contributed by atoms with Crippen LogP contribution in [-0.4, -0.2) is 16.1 Å². The zero-order valence-corrected chi connectivity index (χ0v) is 34.8. The van der Waals surface area contributed by atoms with Gasteiger partial charge in [-0.1, -0.05) is 182 Å². The van der Waals surface area contributed by atoms with Crippen LogP contribution in [0, 0.1) is 0 Å². The van der Waals surface area contributed by atoms with E-state index in [-0.39, 0.29) is 0 Å². The predicted octanol–water partition coefficient (Wildman–Crippen LogP) is 15.6. The van der Waals surface area contributed by atoms with Crippen LogP contribution in [-0.2, 0) is 0 Å². The molecule has 12 rings (SSSR count). The minimum Gasteiger partial charge on any atom is -0.309 e. The molecule has 0 N–H and O–H groups in total. The molecule has 11 aromatic rings. The number of aliphatic imine (C=N–C) groups is 2. The lowest BCUT2D eigenvalue weighted by atomic mass is 9.88. The molecule has 2 heterocycles. The van der Waals surface area contributed by atoms with Crippen LogP contribution < -0.4 is 0 Å². The third-order valence-electron chi connectivity index (χ3n) is 12.8. The summed E-state index contributed by atoms with van der Waals surface area (Å²) in [5.41, 5.74) is 14.6. The Morgan fingerprint density at radius 3 is 1.71 bits per heavy atom. The highest BCUT2D eigenvalue weighted by atomic mass is 15.0. The van der Waals surface area contributed by atoms with Crippen LogP contribution in [0.25, 0.3) is 87.8 Å². The summed E-state index contributed by atoms with van der Waals surface area (Å²) in [6, 6.07) is 78.9. The molecule has 0 saturated carbocycles. The zero-order valence-electron chi connectivity index (χ0n) is 34.8. The number of benzene rings is 10. The molecule has 0 radical (unpaired) electrons. The van der Waals surface area contributed by atoms with Crippen molar-refractivity contribution in [1.82, 2.24) is 4.57 Å². The Morgan fingerprint density at radius 2 is 0.921 bits per heavy atom. The van der Waals surface area contributed by atoms with E-state index in [1.54, 1.807) is 0 Å². The van der Waals surface area contributed by atoms with Crippen molar-refractivity contribution in [3.05, 3.63) is 241 Å². The van der Waals surface area contributed by atoms with E-state index in [0.717, 1.165) is 57.2 Å². The van der Waals surface area contributed by atoms with Crippen molar-refractivity contribution in [3.8, 4) is 27.9 Å². The molecule has 0 aliphatic carbocycles. The fourth-order valence-electron chi connectivity index (χ4n) is 9.82. The first-order valence-electron chi connectivity index (χ1n) is 21.7. The highest BCUT2D eigenvalue weighted by molar-refractivity contribution is 6.29. The standard InChI is InChI=1S/C60H41N3/c1-39-35-55(40-17-5-2-6-18-40)61-60(62-59(39)41-19-7-3-8-20-41)45-22-15-21-42(36-45)43-31-34-53-54(37-43)49-26-12-11-25-48(49)52-29-16-28-47(58(52)53)44-32-33-51-50-27-13-14-30-56(50)63(57(51)38-44)46-23-9-4-10-24-46/h2-34,36-38H,35H2,1H3. The van der Waals surface area contributed by atoms with Gasteiger partial charge >= 0.3 is 0 Å². The first-order valence-corrected chi connectivity index (χ1v) is 21.7. The van der Waals surface area contributed by atoms with Crippen molar-refractivity contribution in [3.63, 3.8) is 0 Å². The highest BCUT2D eigenvalue weighted by Gasteiger charge is 2.20. The number of para-hydroxylation sites is 2. The third kappa shape index (κ3) is 6.28. The van der Waals surface area contributed by atoms with Crippen molar-refractivity contribution in [2.45, 2.75) is 13.3 Å². The van der Waals surface area contributed by atoms with E-state index in [1.165, 1.54) is 70.8 Å². The minimum atomic E-state index is 0.719. The third-order valence-corrected chi connectivity index (χ3v) is 12.8. The topological polar surface area (TPSA) is 29.6 Å². The van der Waals surface area contributed by atoms with E-state index in [2.05, 4.69) is 230 Å². The second-order valence-electron chi connectivity index (χ2n) is 16.6. The fourth-order valence-corrected chi connectivity index (χ4v) is 9.82. The zero-order chi connectivity index (χ0) is 41.9. The number of rotatable bonds is 6. The maximum Gasteiger partial charge on any atom is 0.160 e. The van der Waals surface area contributed by atoms with Gasteiger partial charge in [0.25, 0.3) is 0 Å². The maximum absolute atomic E-state index is 5.33. The number of allylic oxidation sites excluding steroid dienone is 1. The average Bonchev–Trinajstić information content (AvgIpc) is 3.57. The fraction of sp³-hybridized carbons (Fsp3) is 0.0333. The number of fused-ring (bicyclic) bond motifs is 9. The first kappa shape index (κ1) is 36.7. The predicted molar refractivity (Wildman–Crippen MR) is 267 cm³/mol. The molecule has 3 nitrogen and oxygen atoms in total. The molecule has 1 aliphatic rings. The van der Waals surface area contributed by atoms with Gasteiger partial charge in [-0.3, -0.25) is 0 Å². The van der Waals surface area contributed by atoms with Gasteiger partial charge in [-0.25, -0.2) is 9.98 Å². The lowest BCUT2D eigenvalue weighted by molar-refractivity contribution is 1.18. The van der Waals surface area contributed by atoms with Gasteiger partial charge in [-0.15, -0.1) is 0 Å². The summed E-state index contributed by atoms with van der Waals surface area (Å²) in [7, 11) is 0. The van der Waals surface area contributed by atoms with Crippen molar-refractivity contribution in [1.29, 1.82) is 0 Å². The summed E-state index contributed by atoms with van der Waals surface area (Å²) in [4.78, 5) is 10.6. The quantitative estimate of drug-likeness (QED) is 0.150. The van der Waals surface area contributed by atoms with Crippen LogP contribution >= 0.6 is 0 Å². The van der Waals surface area contributed by atoms with Crippen LogP contribution in [0.4, 0.5) is 0 Å². The van der Waals surface area contributed by atoms with Crippen molar-refractivity contribution in [2.75, 3.05) is 0 Å². The Labute approximate surface area is 366 Å².